The van der Waals surface area contributed by atoms with E-state index in [2.05, 4.69) is 15.6 Å². The summed E-state index contributed by atoms with van der Waals surface area (Å²) in [6, 6.07) is 7.06. The van der Waals surface area contributed by atoms with E-state index in [0.29, 0.717) is 38.3 Å². The average molecular weight is 357 g/mol. The molecule has 0 atom stereocenters. The Labute approximate surface area is 146 Å². The van der Waals surface area contributed by atoms with E-state index in [-0.39, 0.29) is 24.6 Å². The highest BCUT2D eigenvalue weighted by Gasteiger charge is 2.41. The molecular formula is C18H26F3N3O. The number of phenols is 1. The molecule has 4 nitrogen and oxygen atoms in total. The summed E-state index contributed by atoms with van der Waals surface area (Å²) in [4.78, 5) is 4.49. The topological polar surface area (TPSA) is 56.7 Å². The minimum Gasteiger partial charge on any atom is -0.508 e. The molecule has 1 fully saturated rings. The zero-order valence-electron chi connectivity index (χ0n) is 14.4. The van der Waals surface area contributed by atoms with Crippen LogP contribution in [0.25, 0.3) is 0 Å². The summed E-state index contributed by atoms with van der Waals surface area (Å²) in [5.41, 5.74) is 0.991. The third kappa shape index (κ3) is 6.48. The van der Waals surface area contributed by atoms with Gasteiger partial charge in [-0.3, -0.25) is 4.99 Å². The van der Waals surface area contributed by atoms with Gasteiger partial charge in [-0.1, -0.05) is 12.1 Å². The van der Waals surface area contributed by atoms with Gasteiger partial charge in [0.25, 0.3) is 0 Å². The molecular weight excluding hydrogens is 331 g/mol. The van der Waals surface area contributed by atoms with Crippen LogP contribution in [-0.2, 0) is 6.42 Å². The largest absolute Gasteiger partial charge is 0.508 e. The van der Waals surface area contributed by atoms with E-state index in [9.17, 15) is 18.3 Å². The predicted octanol–water partition coefficient (Wildman–Crippen LogP) is 3.61. The fourth-order valence-electron chi connectivity index (χ4n) is 3.09. The van der Waals surface area contributed by atoms with E-state index < -0.39 is 12.1 Å². The summed E-state index contributed by atoms with van der Waals surface area (Å²) < 4.78 is 38.2. The van der Waals surface area contributed by atoms with Crippen LogP contribution in [0.3, 0.4) is 0 Å². The van der Waals surface area contributed by atoms with Crippen molar-refractivity contribution in [2.24, 2.45) is 10.9 Å². The molecule has 1 aliphatic carbocycles. The monoisotopic (exact) mass is 357 g/mol. The normalized spacial score (nSPS) is 21.8. The van der Waals surface area contributed by atoms with Gasteiger partial charge in [0.05, 0.1) is 5.92 Å². The first-order chi connectivity index (χ1) is 11.9. The summed E-state index contributed by atoms with van der Waals surface area (Å²) in [5, 5.41) is 15.8. The molecule has 0 amide bonds. The van der Waals surface area contributed by atoms with Gasteiger partial charge in [0, 0.05) is 19.1 Å². The van der Waals surface area contributed by atoms with Crippen molar-refractivity contribution >= 4 is 5.96 Å². The highest BCUT2D eigenvalue weighted by molar-refractivity contribution is 5.80. The van der Waals surface area contributed by atoms with Gasteiger partial charge in [0.15, 0.2) is 5.96 Å². The van der Waals surface area contributed by atoms with Gasteiger partial charge in [0.1, 0.15) is 5.75 Å². The van der Waals surface area contributed by atoms with Crippen LogP contribution in [0.2, 0.25) is 0 Å². The number of halogens is 3. The first kappa shape index (κ1) is 19.4. The number of hydrogen-bond donors (Lipinski definition) is 3. The second-order valence-electron chi connectivity index (χ2n) is 6.42. The zero-order chi connectivity index (χ0) is 18.3. The van der Waals surface area contributed by atoms with Crippen molar-refractivity contribution in [1.82, 2.24) is 10.6 Å². The van der Waals surface area contributed by atoms with Crippen LogP contribution in [0.4, 0.5) is 13.2 Å². The van der Waals surface area contributed by atoms with E-state index in [0.717, 1.165) is 5.56 Å². The second-order valence-corrected chi connectivity index (χ2v) is 6.42. The highest BCUT2D eigenvalue weighted by atomic mass is 19.4. The van der Waals surface area contributed by atoms with Gasteiger partial charge >= 0.3 is 6.18 Å². The Morgan fingerprint density at radius 2 is 1.96 bits per heavy atom. The smallest absolute Gasteiger partial charge is 0.391 e. The molecule has 0 aliphatic heterocycles. The maximum absolute atomic E-state index is 12.7. The molecule has 140 valence electrons. The molecule has 25 heavy (non-hydrogen) atoms. The quantitative estimate of drug-likeness (QED) is 0.557. The Balaban J connectivity index is 1.84. The first-order valence-corrected chi connectivity index (χ1v) is 8.78. The van der Waals surface area contributed by atoms with Crippen LogP contribution in [-0.4, -0.2) is 36.4 Å². The third-order valence-corrected chi connectivity index (χ3v) is 4.46. The molecule has 0 unspecified atom stereocenters. The van der Waals surface area contributed by atoms with Gasteiger partial charge in [-0.2, -0.15) is 13.2 Å². The summed E-state index contributed by atoms with van der Waals surface area (Å²) in [7, 11) is 0. The molecule has 0 bridgehead atoms. The van der Waals surface area contributed by atoms with E-state index in [1.165, 1.54) is 0 Å². The highest BCUT2D eigenvalue weighted by Crippen LogP contribution is 2.37. The van der Waals surface area contributed by atoms with Crippen LogP contribution in [0.5, 0.6) is 5.75 Å². The number of alkyl halides is 3. The van der Waals surface area contributed by atoms with Crippen molar-refractivity contribution in [2.75, 3.05) is 13.1 Å². The van der Waals surface area contributed by atoms with Crippen LogP contribution in [0.15, 0.2) is 29.3 Å². The van der Waals surface area contributed by atoms with Crippen LogP contribution >= 0.6 is 0 Å². The Morgan fingerprint density at radius 3 is 2.56 bits per heavy atom. The lowest BCUT2D eigenvalue weighted by atomic mass is 9.85. The maximum atomic E-state index is 12.7. The second kappa shape index (κ2) is 8.97. The van der Waals surface area contributed by atoms with Gasteiger partial charge in [-0.25, -0.2) is 0 Å². The molecule has 0 radical (unpaired) electrons. The number of nitrogens with zero attached hydrogens (tertiary/aromatic N) is 1. The molecule has 1 saturated carbocycles. The lowest BCUT2D eigenvalue weighted by Crippen LogP contribution is -2.45. The third-order valence-electron chi connectivity index (χ3n) is 4.46. The van der Waals surface area contributed by atoms with Crippen LogP contribution in [0.1, 0.15) is 38.2 Å². The van der Waals surface area contributed by atoms with Crippen molar-refractivity contribution in [2.45, 2.75) is 51.2 Å². The van der Waals surface area contributed by atoms with Crippen molar-refractivity contribution in [3.8, 4) is 5.75 Å². The van der Waals surface area contributed by atoms with E-state index in [4.69, 9.17) is 0 Å². The molecule has 0 saturated heterocycles. The maximum Gasteiger partial charge on any atom is 0.391 e. The fourth-order valence-corrected chi connectivity index (χ4v) is 3.09. The van der Waals surface area contributed by atoms with E-state index in [1.54, 1.807) is 18.2 Å². The SMILES string of the molecule is CCNC(=NCCc1cccc(O)c1)NC1CCC(C(F)(F)F)CC1. The number of hydrogen-bond acceptors (Lipinski definition) is 2. The van der Waals surface area contributed by atoms with Crippen LogP contribution in [0, 0.1) is 5.92 Å². The van der Waals surface area contributed by atoms with Crippen molar-refractivity contribution < 1.29 is 18.3 Å². The average Bonchev–Trinajstić information content (AvgIpc) is 2.55. The zero-order valence-corrected chi connectivity index (χ0v) is 14.4. The lowest BCUT2D eigenvalue weighted by Gasteiger charge is -2.31. The Morgan fingerprint density at radius 1 is 1.24 bits per heavy atom. The number of nitrogens with one attached hydrogen (secondary N) is 2. The van der Waals surface area contributed by atoms with E-state index >= 15 is 0 Å². The number of benzene rings is 1. The minimum absolute atomic E-state index is 0.0252. The number of aliphatic imine (C=N–C) groups is 1. The van der Waals surface area contributed by atoms with Gasteiger partial charge in [-0.15, -0.1) is 0 Å². The summed E-state index contributed by atoms with van der Waals surface area (Å²) in [5.74, 6) is -0.304. The summed E-state index contributed by atoms with van der Waals surface area (Å²) in [6.07, 6.45) is -2.05. The molecule has 0 aromatic heterocycles. The number of aromatic hydroxyl groups is 1. The molecule has 3 N–H and O–H groups in total. The Hall–Kier alpha value is -1.92. The molecule has 1 aliphatic rings. The lowest BCUT2D eigenvalue weighted by molar-refractivity contribution is -0.182. The molecule has 1 aromatic carbocycles. The number of guanidine groups is 1. The summed E-state index contributed by atoms with van der Waals surface area (Å²) in [6.45, 7) is 3.18. The van der Waals surface area contributed by atoms with Gasteiger partial charge in [0.2, 0.25) is 0 Å². The molecule has 0 heterocycles. The number of rotatable bonds is 5. The van der Waals surface area contributed by atoms with Gasteiger partial charge in [-0.05, 0) is 56.7 Å². The predicted molar refractivity (Wildman–Crippen MR) is 92.7 cm³/mol. The van der Waals surface area contributed by atoms with Gasteiger partial charge < -0.3 is 15.7 Å². The summed E-state index contributed by atoms with van der Waals surface area (Å²) >= 11 is 0. The van der Waals surface area contributed by atoms with Crippen molar-refractivity contribution in [3.63, 3.8) is 0 Å². The molecule has 2 rings (SSSR count). The first-order valence-electron chi connectivity index (χ1n) is 8.78. The fraction of sp³-hybridized carbons (Fsp3) is 0.611. The standard InChI is InChI=1S/C18H26F3N3O/c1-2-22-17(23-11-10-13-4-3-5-16(25)12-13)24-15-8-6-14(7-9-15)18(19,20)21/h3-5,12,14-15,25H,2,6-11H2,1H3,(H2,22,23,24). The Bertz CT molecular complexity index is 567. The van der Waals surface area contributed by atoms with Crippen molar-refractivity contribution in [1.29, 1.82) is 0 Å². The molecule has 0 spiro atoms. The number of phenolic OH excluding ortho intramolecular Hbond substituents is 1. The molecule has 1 aromatic rings. The Kier molecular flexibility index (Phi) is 6.96. The van der Waals surface area contributed by atoms with Crippen molar-refractivity contribution in [3.05, 3.63) is 29.8 Å². The van der Waals surface area contributed by atoms with Crippen LogP contribution < -0.4 is 10.6 Å². The molecule has 7 heteroatoms. The minimum atomic E-state index is -4.08. The van der Waals surface area contributed by atoms with E-state index in [1.807, 2.05) is 13.0 Å².